The Kier molecular flexibility index (Phi) is 2.24. The summed E-state index contributed by atoms with van der Waals surface area (Å²) in [6, 6.07) is 0. The van der Waals surface area contributed by atoms with Crippen molar-refractivity contribution in [2.75, 3.05) is 6.61 Å². The lowest BCUT2D eigenvalue weighted by Crippen LogP contribution is -2.00. The van der Waals surface area contributed by atoms with Crippen LogP contribution in [0.5, 0.6) is 0 Å². The lowest BCUT2D eigenvalue weighted by molar-refractivity contribution is -0.142. The first-order valence-electron chi connectivity index (χ1n) is 3.21. The smallest absolute Gasteiger partial charge is 0.306 e. The normalized spacial score (nSPS) is 19.2. The molecule has 3 heteroatoms. The van der Waals surface area contributed by atoms with Crippen LogP contribution in [0.25, 0.3) is 0 Å². The Morgan fingerprint density at radius 2 is 2.10 bits per heavy atom. The molecular weight excluding hydrogens is 132 g/mol. The second-order valence-corrected chi connectivity index (χ2v) is 2.18. The van der Waals surface area contributed by atoms with Gasteiger partial charge in [-0.2, -0.15) is 0 Å². The van der Waals surface area contributed by atoms with Crippen molar-refractivity contribution >= 4 is 11.9 Å². The van der Waals surface area contributed by atoms with Crippen LogP contribution >= 0.6 is 0 Å². The molecule has 1 heterocycles. The van der Waals surface area contributed by atoms with Crippen LogP contribution in [0.2, 0.25) is 0 Å². The first-order valence-corrected chi connectivity index (χ1v) is 3.21. The third-order valence-corrected chi connectivity index (χ3v) is 1.44. The van der Waals surface area contributed by atoms with Crippen LogP contribution in [0.15, 0.2) is 5.57 Å². The minimum atomic E-state index is -0.217. The van der Waals surface area contributed by atoms with E-state index in [-0.39, 0.29) is 5.97 Å². The molecule has 10 heavy (non-hydrogen) atoms. The minimum absolute atomic E-state index is 0.217. The van der Waals surface area contributed by atoms with Gasteiger partial charge >= 0.3 is 5.97 Å². The molecule has 0 spiro atoms. The quantitative estimate of drug-likeness (QED) is 0.363. The van der Waals surface area contributed by atoms with E-state index < -0.39 is 0 Å². The number of cyclic esters (lactones) is 1. The average molecular weight is 140 g/mol. The molecule has 1 aliphatic heterocycles. The van der Waals surface area contributed by atoms with E-state index in [0.717, 1.165) is 0 Å². The molecule has 0 aromatic carbocycles. The maximum Gasteiger partial charge on any atom is 0.306 e. The molecule has 0 aromatic rings. The summed E-state index contributed by atoms with van der Waals surface area (Å²) < 4.78 is 4.70. The van der Waals surface area contributed by atoms with Gasteiger partial charge in [-0.15, -0.1) is 0 Å². The zero-order chi connectivity index (χ0) is 7.40. The molecule has 0 aliphatic carbocycles. The Morgan fingerprint density at radius 3 is 2.80 bits per heavy atom. The number of ether oxygens (including phenoxy) is 1. The van der Waals surface area contributed by atoms with Crippen LogP contribution in [0.3, 0.4) is 0 Å². The van der Waals surface area contributed by atoms with Crippen LogP contribution in [-0.4, -0.2) is 18.5 Å². The topological polar surface area (TPSA) is 43.4 Å². The van der Waals surface area contributed by atoms with E-state index in [1.807, 2.05) is 0 Å². The molecule has 0 atom stereocenters. The molecule has 0 bridgehead atoms. The SMILES string of the molecule is O=C=C1CCOC(=O)CC1. The van der Waals surface area contributed by atoms with E-state index in [1.165, 1.54) is 0 Å². The van der Waals surface area contributed by atoms with E-state index in [2.05, 4.69) is 0 Å². The number of esters is 1. The monoisotopic (exact) mass is 140 g/mol. The molecule has 0 saturated carbocycles. The highest BCUT2D eigenvalue weighted by molar-refractivity contribution is 5.71. The minimum Gasteiger partial charge on any atom is -0.465 e. The standard InChI is InChI=1S/C7H8O3/c8-5-6-1-2-7(9)10-4-3-6/h1-4H2. The van der Waals surface area contributed by atoms with Crippen LogP contribution < -0.4 is 0 Å². The Morgan fingerprint density at radius 1 is 1.30 bits per heavy atom. The lowest BCUT2D eigenvalue weighted by Gasteiger charge is -1.93. The van der Waals surface area contributed by atoms with E-state index in [0.29, 0.717) is 31.4 Å². The largest absolute Gasteiger partial charge is 0.465 e. The summed E-state index contributed by atoms with van der Waals surface area (Å²) in [6.45, 7) is 0.337. The number of hydrogen-bond acceptors (Lipinski definition) is 3. The predicted octanol–water partition coefficient (Wildman–Crippen LogP) is 0.472. The average Bonchev–Trinajstić information content (AvgIpc) is 2.14. The highest BCUT2D eigenvalue weighted by Crippen LogP contribution is 2.11. The van der Waals surface area contributed by atoms with E-state index in [1.54, 1.807) is 5.94 Å². The number of carbonyl (C=O) groups excluding carboxylic acids is 2. The molecule has 0 N–H and O–H groups in total. The number of carbonyl (C=O) groups is 1. The van der Waals surface area contributed by atoms with Gasteiger partial charge in [-0.05, 0) is 6.42 Å². The van der Waals surface area contributed by atoms with Gasteiger partial charge in [-0.3, -0.25) is 4.79 Å². The zero-order valence-corrected chi connectivity index (χ0v) is 5.55. The van der Waals surface area contributed by atoms with Crippen molar-refractivity contribution in [3.63, 3.8) is 0 Å². The van der Waals surface area contributed by atoms with Gasteiger partial charge in [0, 0.05) is 18.4 Å². The third-order valence-electron chi connectivity index (χ3n) is 1.44. The molecule has 1 rings (SSSR count). The van der Waals surface area contributed by atoms with Crippen molar-refractivity contribution in [2.24, 2.45) is 0 Å². The zero-order valence-electron chi connectivity index (χ0n) is 5.55. The highest BCUT2D eigenvalue weighted by atomic mass is 16.5. The molecule has 1 saturated heterocycles. The summed E-state index contributed by atoms with van der Waals surface area (Å²) >= 11 is 0. The van der Waals surface area contributed by atoms with Crippen molar-refractivity contribution in [3.8, 4) is 0 Å². The summed E-state index contributed by atoms with van der Waals surface area (Å²) in [6.07, 6.45) is 1.39. The second kappa shape index (κ2) is 3.18. The molecule has 0 radical (unpaired) electrons. The Hall–Kier alpha value is -1.08. The summed E-state index contributed by atoms with van der Waals surface area (Å²) in [5.41, 5.74) is 0.658. The van der Waals surface area contributed by atoms with E-state index >= 15 is 0 Å². The molecular formula is C7H8O3. The van der Waals surface area contributed by atoms with Crippen LogP contribution in [0, 0.1) is 0 Å². The molecule has 0 aromatic heterocycles. The van der Waals surface area contributed by atoms with Gasteiger partial charge < -0.3 is 4.74 Å². The van der Waals surface area contributed by atoms with E-state index in [9.17, 15) is 9.59 Å². The molecule has 1 aliphatic rings. The number of rotatable bonds is 0. The number of hydrogen-bond donors (Lipinski definition) is 0. The van der Waals surface area contributed by atoms with Crippen molar-refractivity contribution in [3.05, 3.63) is 5.57 Å². The van der Waals surface area contributed by atoms with Crippen molar-refractivity contribution in [2.45, 2.75) is 19.3 Å². The Bertz CT molecular complexity index is 189. The van der Waals surface area contributed by atoms with Crippen molar-refractivity contribution < 1.29 is 14.3 Å². The van der Waals surface area contributed by atoms with E-state index in [4.69, 9.17) is 4.74 Å². The van der Waals surface area contributed by atoms with Crippen molar-refractivity contribution in [1.82, 2.24) is 0 Å². The molecule has 0 amide bonds. The van der Waals surface area contributed by atoms with Gasteiger partial charge in [0.15, 0.2) is 0 Å². The predicted molar refractivity (Wildman–Crippen MR) is 34.0 cm³/mol. The van der Waals surface area contributed by atoms with Crippen LogP contribution in [0.4, 0.5) is 0 Å². The highest BCUT2D eigenvalue weighted by Gasteiger charge is 2.11. The summed E-state index contributed by atoms with van der Waals surface area (Å²) in [7, 11) is 0. The molecule has 3 nitrogen and oxygen atoms in total. The Labute approximate surface area is 58.7 Å². The first kappa shape index (κ1) is 7.03. The molecule has 54 valence electrons. The summed E-state index contributed by atoms with van der Waals surface area (Å²) in [4.78, 5) is 20.7. The molecule has 0 unspecified atom stereocenters. The van der Waals surface area contributed by atoms with Gasteiger partial charge in [0.2, 0.25) is 0 Å². The van der Waals surface area contributed by atoms with Crippen LogP contribution in [0.1, 0.15) is 19.3 Å². The maximum absolute atomic E-state index is 10.6. The fourth-order valence-electron chi connectivity index (χ4n) is 0.840. The first-order chi connectivity index (χ1) is 4.83. The fourth-order valence-corrected chi connectivity index (χ4v) is 0.840. The Balaban J connectivity index is 2.56. The van der Waals surface area contributed by atoms with Gasteiger partial charge in [0.25, 0.3) is 0 Å². The van der Waals surface area contributed by atoms with Gasteiger partial charge in [-0.1, -0.05) is 0 Å². The summed E-state index contributed by atoms with van der Waals surface area (Å²) in [5.74, 6) is 1.58. The van der Waals surface area contributed by atoms with Gasteiger partial charge in [-0.25, -0.2) is 4.79 Å². The maximum atomic E-state index is 10.6. The van der Waals surface area contributed by atoms with Gasteiger partial charge in [0.05, 0.1) is 6.61 Å². The third kappa shape index (κ3) is 1.71. The van der Waals surface area contributed by atoms with Gasteiger partial charge in [0.1, 0.15) is 5.94 Å². The second-order valence-electron chi connectivity index (χ2n) is 2.18. The van der Waals surface area contributed by atoms with Crippen LogP contribution in [-0.2, 0) is 14.3 Å². The summed E-state index contributed by atoms with van der Waals surface area (Å²) in [5, 5.41) is 0. The molecule has 1 fully saturated rings. The lowest BCUT2D eigenvalue weighted by atomic mass is 10.1. The fraction of sp³-hybridized carbons (Fsp3) is 0.571. The van der Waals surface area contributed by atoms with Crippen molar-refractivity contribution in [1.29, 1.82) is 0 Å².